The Morgan fingerprint density at radius 3 is 2.41 bits per heavy atom. The minimum absolute atomic E-state index is 0.259. The summed E-state index contributed by atoms with van der Waals surface area (Å²) in [6.45, 7) is 1.89. The zero-order chi connectivity index (χ0) is 20.6. The van der Waals surface area contributed by atoms with Crippen molar-refractivity contribution >= 4 is 11.6 Å². The third-order valence-corrected chi connectivity index (χ3v) is 5.20. The monoisotopic (exact) mass is 419 g/mol. The van der Waals surface area contributed by atoms with Gasteiger partial charge in [0.25, 0.3) is 5.56 Å². The first-order valence-corrected chi connectivity index (χ1v) is 9.44. The highest BCUT2D eigenvalue weighted by Gasteiger charge is 2.30. The van der Waals surface area contributed by atoms with Gasteiger partial charge in [0.05, 0.1) is 16.8 Å². The van der Waals surface area contributed by atoms with Crippen molar-refractivity contribution in [3.8, 4) is 11.4 Å². The number of benzene rings is 2. The molecule has 3 aromatic rings. The van der Waals surface area contributed by atoms with Crippen molar-refractivity contribution in [3.05, 3.63) is 86.3 Å². The first kappa shape index (κ1) is 19.7. The van der Waals surface area contributed by atoms with Gasteiger partial charge < -0.3 is 4.98 Å². The molecule has 1 N–H and O–H groups in total. The number of halogens is 4. The number of nitrogens with zero attached hydrogens (tertiary/aromatic N) is 2. The Morgan fingerprint density at radius 2 is 1.76 bits per heavy atom. The quantitative estimate of drug-likeness (QED) is 0.671. The molecule has 0 atom stereocenters. The van der Waals surface area contributed by atoms with Crippen LogP contribution < -0.4 is 5.56 Å². The Bertz CT molecular complexity index is 1080. The molecule has 29 heavy (non-hydrogen) atoms. The summed E-state index contributed by atoms with van der Waals surface area (Å²) in [6.07, 6.45) is -3.80. The van der Waals surface area contributed by atoms with Gasteiger partial charge in [0.2, 0.25) is 0 Å². The van der Waals surface area contributed by atoms with E-state index in [1.807, 2.05) is 24.3 Å². The maximum Gasteiger partial charge on any atom is 0.416 e. The smallest absolute Gasteiger partial charge is 0.306 e. The second-order valence-electron chi connectivity index (χ2n) is 7.00. The zero-order valence-electron chi connectivity index (χ0n) is 15.3. The Labute approximate surface area is 170 Å². The van der Waals surface area contributed by atoms with Crippen LogP contribution in [0.5, 0.6) is 0 Å². The van der Waals surface area contributed by atoms with E-state index >= 15 is 0 Å². The minimum atomic E-state index is -4.40. The van der Waals surface area contributed by atoms with E-state index in [9.17, 15) is 18.0 Å². The number of H-pyrrole nitrogens is 1. The lowest BCUT2D eigenvalue weighted by Gasteiger charge is -2.27. The van der Waals surface area contributed by atoms with Crippen molar-refractivity contribution < 1.29 is 13.2 Å². The highest BCUT2D eigenvalue weighted by Crippen LogP contribution is 2.30. The van der Waals surface area contributed by atoms with Crippen LogP contribution in [0.2, 0.25) is 5.02 Å². The lowest BCUT2D eigenvalue weighted by molar-refractivity contribution is -0.137. The highest BCUT2D eigenvalue weighted by molar-refractivity contribution is 6.30. The first-order valence-electron chi connectivity index (χ1n) is 9.06. The normalized spacial score (nSPS) is 14.6. The summed E-state index contributed by atoms with van der Waals surface area (Å²) < 4.78 is 38.2. The molecule has 0 amide bonds. The molecule has 2 aromatic carbocycles. The number of rotatable bonds is 3. The van der Waals surface area contributed by atoms with Gasteiger partial charge in [-0.15, -0.1) is 0 Å². The third kappa shape index (κ3) is 4.36. The van der Waals surface area contributed by atoms with E-state index in [1.54, 1.807) is 0 Å². The highest BCUT2D eigenvalue weighted by atomic mass is 35.5. The number of hydrogen-bond donors (Lipinski definition) is 1. The van der Waals surface area contributed by atoms with E-state index in [0.717, 1.165) is 24.2 Å². The van der Waals surface area contributed by atoms with E-state index in [-0.39, 0.29) is 11.4 Å². The van der Waals surface area contributed by atoms with Gasteiger partial charge in [-0.25, -0.2) is 4.98 Å². The maximum absolute atomic E-state index is 12.7. The van der Waals surface area contributed by atoms with Crippen molar-refractivity contribution in [2.45, 2.75) is 25.7 Å². The predicted molar refractivity (Wildman–Crippen MR) is 105 cm³/mol. The molecule has 150 valence electrons. The zero-order valence-corrected chi connectivity index (χ0v) is 16.0. The Morgan fingerprint density at radius 1 is 1.07 bits per heavy atom. The van der Waals surface area contributed by atoms with Crippen molar-refractivity contribution in [2.75, 3.05) is 6.54 Å². The van der Waals surface area contributed by atoms with Gasteiger partial charge in [-0.05, 0) is 29.8 Å². The first-order chi connectivity index (χ1) is 13.8. The van der Waals surface area contributed by atoms with E-state index < -0.39 is 11.7 Å². The third-order valence-electron chi connectivity index (χ3n) is 4.95. The number of aromatic nitrogens is 2. The van der Waals surface area contributed by atoms with E-state index in [2.05, 4.69) is 14.9 Å². The molecule has 0 spiro atoms. The molecule has 0 radical (unpaired) electrons. The van der Waals surface area contributed by atoms with Gasteiger partial charge in [0.15, 0.2) is 0 Å². The average molecular weight is 420 g/mol. The van der Waals surface area contributed by atoms with E-state index in [1.165, 1.54) is 12.1 Å². The molecule has 0 fully saturated rings. The summed E-state index contributed by atoms with van der Waals surface area (Å²) in [7, 11) is 0. The van der Waals surface area contributed by atoms with Crippen LogP contribution in [0.25, 0.3) is 11.4 Å². The molecule has 0 aliphatic carbocycles. The van der Waals surface area contributed by atoms with Gasteiger partial charge in [-0.2, -0.15) is 13.2 Å². The molecule has 4 nitrogen and oxygen atoms in total. The second kappa shape index (κ2) is 7.65. The Kier molecular flexibility index (Phi) is 5.19. The number of fused-ring (bicyclic) bond motifs is 1. The molecule has 0 saturated carbocycles. The molecule has 0 bridgehead atoms. The lowest BCUT2D eigenvalue weighted by Crippen LogP contribution is -2.35. The fraction of sp³-hybridized carbons (Fsp3) is 0.238. The van der Waals surface area contributed by atoms with Crippen LogP contribution in [-0.4, -0.2) is 21.4 Å². The molecule has 1 aliphatic heterocycles. The van der Waals surface area contributed by atoms with Crippen LogP contribution in [0.4, 0.5) is 13.2 Å². The summed E-state index contributed by atoms with van der Waals surface area (Å²) in [6, 6.07) is 12.2. The van der Waals surface area contributed by atoms with Crippen molar-refractivity contribution in [3.63, 3.8) is 0 Å². The van der Waals surface area contributed by atoms with Crippen molar-refractivity contribution in [1.82, 2.24) is 14.9 Å². The summed E-state index contributed by atoms with van der Waals surface area (Å²) in [5, 5.41) is 0.675. The van der Waals surface area contributed by atoms with Crippen LogP contribution in [0.15, 0.2) is 53.3 Å². The molecule has 4 rings (SSSR count). The summed E-state index contributed by atoms with van der Waals surface area (Å²) in [5.41, 5.74) is 1.84. The minimum Gasteiger partial charge on any atom is -0.306 e. The molecule has 2 heterocycles. The van der Waals surface area contributed by atoms with E-state index in [4.69, 9.17) is 11.6 Å². The van der Waals surface area contributed by atoms with Gasteiger partial charge in [-0.1, -0.05) is 35.9 Å². The Balaban J connectivity index is 1.55. The number of hydrogen-bond acceptors (Lipinski definition) is 3. The molecule has 8 heteroatoms. The van der Waals surface area contributed by atoms with Crippen LogP contribution in [0, 0.1) is 0 Å². The van der Waals surface area contributed by atoms with Crippen molar-refractivity contribution in [2.24, 2.45) is 0 Å². The van der Waals surface area contributed by atoms with Crippen LogP contribution in [-0.2, 0) is 25.7 Å². The summed E-state index contributed by atoms with van der Waals surface area (Å²) >= 11 is 5.92. The van der Waals surface area contributed by atoms with Gasteiger partial charge in [0, 0.05) is 36.6 Å². The predicted octanol–water partition coefficient (Wildman–Crippen LogP) is 4.67. The number of aromatic amines is 1. The summed E-state index contributed by atoms with van der Waals surface area (Å²) in [4.78, 5) is 22.0. The van der Waals surface area contributed by atoms with Crippen LogP contribution in [0.1, 0.15) is 22.4 Å². The van der Waals surface area contributed by atoms with Gasteiger partial charge in [0.1, 0.15) is 5.82 Å². The molecule has 1 aromatic heterocycles. The number of alkyl halides is 3. The maximum atomic E-state index is 12.7. The standard InChI is InChI=1S/C21H17ClF3N3O/c22-16-7-1-13(2-8-16)11-28-10-9-18-17(12-28)20(29)27-19(26-18)14-3-5-15(6-4-14)21(23,24)25/h1-8H,9-12H2,(H,26,27,29). The Hall–Kier alpha value is -2.64. The largest absolute Gasteiger partial charge is 0.416 e. The van der Waals surface area contributed by atoms with Gasteiger partial charge in [-0.3, -0.25) is 9.69 Å². The molecule has 0 unspecified atom stereocenters. The van der Waals surface area contributed by atoms with Crippen molar-refractivity contribution in [1.29, 1.82) is 0 Å². The number of nitrogens with one attached hydrogen (secondary N) is 1. The SMILES string of the molecule is O=c1[nH]c(-c2ccc(C(F)(F)F)cc2)nc2c1CN(Cc1ccc(Cl)cc1)CC2. The van der Waals surface area contributed by atoms with Gasteiger partial charge >= 0.3 is 6.18 Å². The van der Waals surface area contributed by atoms with Crippen LogP contribution >= 0.6 is 11.6 Å². The fourth-order valence-electron chi connectivity index (χ4n) is 3.42. The van der Waals surface area contributed by atoms with E-state index in [0.29, 0.717) is 41.4 Å². The molecular formula is C21H17ClF3N3O. The van der Waals surface area contributed by atoms with Crippen LogP contribution in [0.3, 0.4) is 0 Å². The fourth-order valence-corrected chi connectivity index (χ4v) is 3.54. The molecule has 1 aliphatic rings. The summed E-state index contributed by atoms with van der Waals surface area (Å²) in [5.74, 6) is 0.286. The molecular weight excluding hydrogens is 403 g/mol. The second-order valence-corrected chi connectivity index (χ2v) is 7.44. The lowest BCUT2D eigenvalue weighted by atomic mass is 10.0. The topological polar surface area (TPSA) is 49.0 Å². The molecule has 0 saturated heterocycles. The average Bonchev–Trinajstić information content (AvgIpc) is 2.69.